The molecule has 0 bridgehead atoms. The Morgan fingerprint density at radius 2 is 1.44 bits per heavy atom. The topological polar surface area (TPSA) is 86.8 Å². The van der Waals surface area contributed by atoms with Crippen LogP contribution in [-0.2, 0) is 32.6 Å². The van der Waals surface area contributed by atoms with Crippen molar-refractivity contribution in [2.75, 3.05) is 10.8 Å². The van der Waals surface area contributed by atoms with Crippen molar-refractivity contribution in [1.29, 1.82) is 0 Å². The molecule has 0 saturated heterocycles. The average molecular weight is 667 g/mol. The lowest BCUT2D eigenvalue weighted by Crippen LogP contribution is -2.54. The maximum absolute atomic E-state index is 14.5. The average Bonchev–Trinajstić information content (AvgIpc) is 3.03. The molecule has 0 heterocycles. The van der Waals surface area contributed by atoms with Gasteiger partial charge in [-0.25, -0.2) is 8.42 Å². The predicted molar refractivity (Wildman–Crippen MR) is 181 cm³/mol. The van der Waals surface area contributed by atoms with Crippen LogP contribution in [0.5, 0.6) is 0 Å². The van der Waals surface area contributed by atoms with Crippen molar-refractivity contribution < 1.29 is 18.0 Å². The molecule has 0 fully saturated rings. The van der Waals surface area contributed by atoms with Gasteiger partial charge in [0.05, 0.1) is 15.6 Å². The highest BCUT2D eigenvalue weighted by molar-refractivity contribution is 7.92. The Bertz CT molecular complexity index is 1700. The number of sulfonamides is 1. The number of hydrogen-bond acceptors (Lipinski definition) is 4. The molecule has 0 radical (unpaired) electrons. The van der Waals surface area contributed by atoms with Crippen LogP contribution in [0.1, 0.15) is 37.0 Å². The van der Waals surface area contributed by atoms with Crippen molar-refractivity contribution in [2.24, 2.45) is 0 Å². The number of nitrogens with zero attached hydrogens (tertiary/aromatic N) is 2. The molecule has 2 amide bonds. The van der Waals surface area contributed by atoms with E-state index in [1.807, 2.05) is 81.4 Å². The Morgan fingerprint density at radius 3 is 2.04 bits per heavy atom. The highest BCUT2D eigenvalue weighted by Crippen LogP contribution is 2.33. The Kier molecular flexibility index (Phi) is 11.7. The second-order valence-corrected chi connectivity index (χ2v) is 13.7. The van der Waals surface area contributed by atoms with Crippen molar-refractivity contribution >= 4 is 50.7 Å². The highest BCUT2D eigenvalue weighted by Gasteiger charge is 2.35. The fourth-order valence-electron chi connectivity index (χ4n) is 4.80. The van der Waals surface area contributed by atoms with E-state index in [4.69, 9.17) is 23.2 Å². The molecule has 7 nitrogen and oxygen atoms in total. The molecule has 0 aliphatic rings. The summed E-state index contributed by atoms with van der Waals surface area (Å²) < 4.78 is 29.3. The van der Waals surface area contributed by atoms with Gasteiger partial charge in [0.2, 0.25) is 11.8 Å². The molecule has 0 spiro atoms. The van der Waals surface area contributed by atoms with Gasteiger partial charge in [-0.15, -0.1) is 0 Å². The molecular formula is C35H37Cl2N3O4S. The summed E-state index contributed by atoms with van der Waals surface area (Å²) >= 11 is 12.8. The lowest BCUT2D eigenvalue weighted by molar-refractivity contribution is -0.140. The molecule has 4 aromatic rings. The van der Waals surface area contributed by atoms with Gasteiger partial charge in [0.25, 0.3) is 10.0 Å². The summed E-state index contributed by atoms with van der Waals surface area (Å²) in [7, 11) is -4.30. The van der Waals surface area contributed by atoms with Crippen LogP contribution in [0.4, 0.5) is 5.69 Å². The summed E-state index contributed by atoms with van der Waals surface area (Å²) in [5.41, 5.74) is 2.58. The number of amides is 2. The first kappa shape index (κ1) is 34.0. The Balaban J connectivity index is 1.82. The number of nitrogens with one attached hydrogen (secondary N) is 1. The second-order valence-electron chi connectivity index (χ2n) is 11.0. The van der Waals surface area contributed by atoms with Crippen molar-refractivity contribution in [1.82, 2.24) is 10.2 Å². The summed E-state index contributed by atoms with van der Waals surface area (Å²) in [4.78, 5) is 29.8. The molecule has 0 saturated carbocycles. The van der Waals surface area contributed by atoms with E-state index in [2.05, 4.69) is 5.32 Å². The monoisotopic (exact) mass is 665 g/mol. The first-order valence-corrected chi connectivity index (χ1v) is 16.9. The molecule has 4 rings (SSSR count). The van der Waals surface area contributed by atoms with Crippen LogP contribution >= 0.6 is 23.2 Å². The fourth-order valence-corrected chi connectivity index (χ4v) is 6.66. The number of rotatable bonds is 13. The Labute approximate surface area is 275 Å². The van der Waals surface area contributed by atoms with Crippen LogP contribution in [0.3, 0.4) is 0 Å². The quantitative estimate of drug-likeness (QED) is 0.166. The van der Waals surface area contributed by atoms with Crippen LogP contribution in [0.2, 0.25) is 10.0 Å². The number of benzene rings is 4. The SMILES string of the molecule is CC[C@H](C)NC(=O)[C@H](Cc1ccccc1)N(Cc1ccccc1)C(=O)CN(c1cc(Cl)ccc1Cl)S(=O)(=O)c1ccc(C)cc1. The normalized spacial score (nSPS) is 12.6. The Morgan fingerprint density at radius 1 is 0.844 bits per heavy atom. The van der Waals surface area contributed by atoms with Crippen molar-refractivity contribution in [3.05, 3.63) is 130 Å². The summed E-state index contributed by atoms with van der Waals surface area (Å²) in [5.74, 6) is -0.906. The number of carbonyl (C=O) groups is 2. The minimum atomic E-state index is -4.30. The maximum atomic E-state index is 14.5. The first-order chi connectivity index (χ1) is 21.5. The molecule has 45 heavy (non-hydrogen) atoms. The zero-order valence-electron chi connectivity index (χ0n) is 25.5. The third-order valence-electron chi connectivity index (χ3n) is 7.53. The van der Waals surface area contributed by atoms with Gasteiger partial charge in [0.1, 0.15) is 12.6 Å². The number of carbonyl (C=O) groups excluding carboxylic acids is 2. The largest absolute Gasteiger partial charge is 0.352 e. The van der Waals surface area contributed by atoms with E-state index in [9.17, 15) is 18.0 Å². The van der Waals surface area contributed by atoms with Crippen molar-refractivity contribution in [3.63, 3.8) is 0 Å². The van der Waals surface area contributed by atoms with E-state index >= 15 is 0 Å². The Hall–Kier alpha value is -3.85. The zero-order valence-corrected chi connectivity index (χ0v) is 27.8. The third kappa shape index (κ3) is 8.87. The van der Waals surface area contributed by atoms with Gasteiger partial charge in [0, 0.05) is 24.0 Å². The lowest BCUT2D eigenvalue weighted by atomic mass is 10.0. The number of hydrogen-bond donors (Lipinski definition) is 1. The standard InChI is InChI=1S/C35H37Cl2N3O4S/c1-4-26(3)38-35(42)33(21-27-11-7-5-8-12-27)39(23-28-13-9-6-10-14-28)34(41)24-40(32-22-29(36)17-20-31(32)37)45(43,44)30-18-15-25(2)16-19-30/h5-20,22,26,33H,4,21,23-24H2,1-3H3,(H,38,42)/t26-,33-/m0/s1. The van der Waals surface area contributed by atoms with Gasteiger partial charge in [-0.3, -0.25) is 13.9 Å². The van der Waals surface area contributed by atoms with Gasteiger partial charge in [-0.1, -0.05) is 108 Å². The molecule has 0 aliphatic carbocycles. The molecule has 1 N–H and O–H groups in total. The van der Waals surface area contributed by atoms with Gasteiger partial charge in [-0.05, 0) is 61.7 Å². The molecule has 0 aromatic heterocycles. The van der Waals surface area contributed by atoms with E-state index in [0.29, 0.717) is 6.42 Å². The number of anilines is 1. The zero-order chi connectivity index (χ0) is 32.6. The summed E-state index contributed by atoms with van der Waals surface area (Å²) in [5, 5.41) is 3.39. The minimum Gasteiger partial charge on any atom is -0.352 e. The van der Waals surface area contributed by atoms with Gasteiger partial charge >= 0.3 is 0 Å². The highest BCUT2D eigenvalue weighted by atomic mass is 35.5. The molecular weight excluding hydrogens is 629 g/mol. The summed E-state index contributed by atoms with van der Waals surface area (Å²) in [6.45, 7) is 5.17. The van der Waals surface area contributed by atoms with Crippen molar-refractivity contribution in [2.45, 2.75) is 57.1 Å². The van der Waals surface area contributed by atoms with E-state index in [1.54, 1.807) is 18.2 Å². The molecule has 4 aromatic carbocycles. The fraction of sp³-hybridized carbons (Fsp3) is 0.257. The summed E-state index contributed by atoms with van der Waals surface area (Å²) in [6.07, 6.45) is 0.927. The summed E-state index contributed by atoms with van der Waals surface area (Å²) in [6, 6.07) is 28.4. The molecule has 0 unspecified atom stereocenters. The van der Waals surface area contributed by atoms with Crippen LogP contribution in [0.15, 0.2) is 108 Å². The van der Waals surface area contributed by atoms with E-state index in [-0.39, 0.29) is 45.5 Å². The van der Waals surface area contributed by atoms with E-state index in [0.717, 1.165) is 21.0 Å². The molecule has 0 aliphatic heterocycles. The van der Waals surface area contributed by atoms with Gasteiger partial charge in [0.15, 0.2) is 0 Å². The third-order valence-corrected chi connectivity index (χ3v) is 9.86. The molecule has 2 atom stereocenters. The predicted octanol–water partition coefficient (Wildman–Crippen LogP) is 7.05. The molecule has 236 valence electrons. The smallest absolute Gasteiger partial charge is 0.264 e. The lowest BCUT2D eigenvalue weighted by Gasteiger charge is -2.34. The number of halogens is 2. The minimum absolute atomic E-state index is 0.0121. The van der Waals surface area contributed by atoms with Gasteiger partial charge < -0.3 is 10.2 Å². The van der Waals surface area contributed by atoms with Crippen LogP contribution in [0, 0.1) is 6.92 Å². The van der Waals surface area contributed by atoms with Crippen molar-refractivity contribution in [3.8, 4) is 0 Å². The maximum Gasteiger partial charge on any atom is 0.264 e. The van der Waals surface area contributed by atoms with Crippen LogP contribution in [0.25, 0.3) is 0 Å². The number of aryl methyl sites for hydroxylation is 1. The van der Waals surface area contributed by atoms with Gasteiger partial charge in [-0.2, -0.15) is 0 Å². The van der Waals surface area contributed by atoms with Crippen LogP contribution in [-0.4, -0.2) is 43.8 Å². The second kappa shape index (κ2) is 15.4. The van der Waals surface area contributed by atoms with E-state index < -0.39 is 28.5 Å². The van der Waals surface area contributed by atoms with E-state index in [1.165, 1.54) is 29.2 Å². The van der Waals surface area contributed by atoms with Crippen LogP contribution < -0.4 is 9.62 Å². The molecule has 10 heteroatoms. The first-order valence-electron chi connectivity index (χ1n) is 14.7.